The van der Waals surface area contributed by atoms with Crippen LogP contribution in [0.4, 0.5) is 11.4 Å². The fraction of sp³-hybridized carbons (Fsp3) is 0.238. The quantitative estimate of drug-likeness (QED) is 0.500. The van der Waals surface area contributed by atoms with E-state index in [2.05, 4.69) is 10.6 Å². The van der Waals surface area contributed by atoms with Crippen LogP contribution in [0.3, 0.4) is 0 Å². The minimum Gasteiger partial charge on any atom is -0.494 e. The molecule has 0 saturated heterocycles. The van der Waals surface area contributed by atoms with Crippen molar-refractivity contribution in [3.05, 3.63) is 52.4 Å². The number of hydrogen-bond donors (Lipinski definition) is 2. The van der Waals surface area contributed by atoms with Gasteiger partial charge in [0.05, 0.1) is 17.8 Å². The molecular weight excluding hydrogens is 396 g/mol. The molecular formula is C21H21ClN2O3S. The van der Waals surface area contributed by atoms with Crippen LogP contribution in [0, 0.1) is 0 Å². The van der Waals surface area contributed by atoms with Crippen LogP contribution in [0.5, 0.6) is 5.75 Å². The number of benzene rings is 2. The number of amides is 2. The number of thiophene rings is 1. The number of methoxy groups -OCH3 is 1. The van der Waals surface area contributed by atoms with E-state index in [0.29, 0.717) is 33.4 Å². The highest BCUT2D eigenvalue weighted by Gasteiger charge is 2.18. The summed E-state index contributed by atoms with van der Waals surface area (Å²) in [5, 5.41) is 7.00. The number of rotatable bonds is 7. The lowest BCUT2D eigenvalue weighted by Crippen LogP contribution is -2.13. The predicted octanol–water partition coefficient (Wildman–Crippen LogP) is 5.94. The first-order valence-electron chi connectivity index (χ1n) is 8.99. The molecule has 7 heteroatoms. The van der Waals surface area contributed by atoms with Crippen LogP contribution < -0.4 is 15.4 Å². The summed E-state index contributed by atoms with van der Waals surface area (Å²) < 4.78 is 6.32. The van der Waals surface area contributed by atoms with E-state index in [1.54, 1.807) is 18.2 Å². The lowest BCUT2D eigenvalue weighted by molar-refractivity contribution is -0.116. The highest BCUT2D eigenvalue weighted by Crippen LogP contribution is 2.36. The number of unbranched alkanes of at least 4 members (excludes halogenated alkanes) is 1. The van der Waals surface area contributed by atoms with Crippen molar-refractivity contribution in [1.82, 2.24) is 0 Å². The molecule has 28 heavy (non-hydrogen) atoms. The number of halogens is 1. The molecule has 0 fully saturated rings. The summed E-state index contributed by atoms with van der Waals surface area (Å²) >= 11 is 7.73. The number of fused-ring (bicyclic) bond motifs is 1. The lowest BCUT2D eigenvalue weighted by atomic mass is 10.2. The smallest absolute Gasteiger partial charge is 0.267 e. The first-order valence-corrected chi connectivity index (χ1v) is 10.2. The second-order valence-electron chi connectivity index (χ2n) is 6.26. The Balaban J connectivity index is 1.77. The molecule has 3 rings (SSSR count). The Morgan fingerprint density at radius 1 is 1.14 bits per heavy atom. The molecule has 0 spiro atoms. The van der Waals surface area contributed by atoms with Gasteiger partial charge in [-0.05, 0) is 24.6 Å². The molecule has 0 atom stereocenters. The molecule has 0 bridgehead atoms. The maximum atomic E-state index is 12.7. The van der Waals surface area contributed by atoms with E-state index in [1.807, 2.05) is 31.2 Å². The van der Waals surface area contributed by atoms with Gasteiger partial charge in [0, 0.05) is 28.3 Å². The molecule has 2 amide bonds. The van der Waals surface area contributed by atoms with Crippen molar-refractivity contribution in [2.45, 2.75) is 26.2 Å². The van der Waals surface area contributed by atoms with Crippen LogP contribution in [-0.2, 0) is 4.79 Å². The summed E-state index contributed by atoms with van der Waals surface area (Å²) in [7, 11) is 1.52. The highest BCUT2D eigenvalue weighted by atomic mass is 35.5. The van der Waals surface area contributed by atoms with Gasteiger partial charge in [-0.15, -0.1) is 11.3 Å². The molecule has 0 saturated carbocycles. The Hall–Kier alpha value is -2.57. The zero-order chi connectivity index (χ0) is 20.1. The van der Waals surface area contributed by atoms with Crippen LogP contribution >= 0.6 is 22.9 Å². The molecule has 2 N–H and O–H groups in total. The third-order valence-electron chi connectivity index (χ3n) is 4.23. The largest absolute Gasteiger partial charge is 0.494 e. The fourth-order valence-corrected chi connectivity index (χ4v) is 4.18. The van der Waals surface area contributed by atoms with Gasteiger partial charge in [-0.25, -0.2) is 0 Å². The zero-order valence-electron chi connectivity index (χ0n) is 15.7. The van der Waals surface area contributed by atoms with Crippen LogP contribution in [0.2, 0.25) is 5.02 Å². The fourth-order valence-electron chi connectivity index (χ4n) is 2.77. The molecule has 0 aliphatic rings. The van der Waals surface area contributed by atoms with E-state index in [1.165, 1.54) is 18.4 Å². The molecule has 0 unspecified atom stereocenters. The molecule has 5 nitrogen and oxygen atoms in total. The van der Waals surface area contributed by atoms with Gasteiger partial charge in [-0.1, -0.05) is 43.1 Å². The Morgan fingerprint density at radius 2 is 1.93 bits per heavy atom. The van der Waals surface area contributed by atoms with E-state index in [-0.39, 0.29) is 11.8 Å². The maximum Gasteiger partial charge on any atom is 0.267 e. The average Bonchev–Trinajstić information content (AvgIpc) is 3.04. The van der Waals surface area contributed by atoms with Gasteiger partial charge >= 0.3 is 0 Å². The normalized spacial score (nSPS) is 10.7. The van der Waals surface area contributed by atoms with Crippen molar-refractivity contribution in [2.24, 2.45) is 0 Å². The summed E-state index contributed by atoms with van der Waals surface area (Å²) in [5.41, 5.74) is 1.13. The van der Waals surface area contributed by atoms with Crippen molar-refractivity contribution in [3.8, 4) is 5.75 Å². The minimum atomic E-state index is -0.284. The first-order chi connectivity index (χ1) is 13.5. The van der Waals surface area contributed by atoms with E-state index >= 15 is 0 Å². The van der Waals surface area contributed by atoms with E-state index in [4.69, 9.17) is 16.3 Å². The lowest BCUT2D eigenvalue weighted by Gasteiger charge is -2.12. The summed E-state index contributed by atoms with van der Waals surface area (Å²) in [4.78, 5) is 25.1. The summed E-state index contributed by atoms with van der Waals surface area (Å²) in [6.07, 6.45) is 2.25. The van der Waals surface area contributed by atoms with Crippen molar-refractivity contribution in [2.75, 3.05) is 17.7 Å². The number of carbonyl (C=O) groups is 2. The molecule has 2 aromatic carbocycles. The SMILES string of the molecule is CCCCC(=O)Nc1ccc(NC(=O)c2sc3ccccc3c2Cl)cc1OC. The van der Waals surface area contributed by atoms with Gasteiger partial charge in [0.15, 0.2) is 0 Å². The maximum absolute atomic E-state index is 12.7. The molecule has 0 aliphatic carbocycles. The average molecular weight is 417 g/mol. The van der Waals surface area contributed by atoms with Crippen LogP contribution in [0.1, 0.15) is 35.9 Å². The number of hydrogen-bond acceptors (Lipinski definition) is 4. The van der Waals surface area contributed by atoms with Gasteiger partial charge in [-0.3, -0.25) is 9.59 Å². The van der Waals surface area contributed by atoms with Crippen LogP contribution in [-0.4, -0.2) is 18.9 Å². The molecule has 1 aromatic heterocycles. The van der Waals surface area contributed by atoms with Crippen LogP contribution in [0.15, 0.2) is 42.5 Å². The van der Waals surface area contributed by atoms with Crippen molar-refractivity contribution >= 4 is 56.2 Å². The Labute approximate surface area is 172 Å². The topological polar surface area (TPSA) is 67.4 Å². The van der Waals surface area contributed by atoms with Gasteiger partial charge < -0.3 is 15.4 Å². The molecule has 0 aliphatic heterocycles. The third kappa shape index (κ3) is 4.46. The van der Waals surface area contributed by atoms with E-state index in [9.17, 15) is 9.59 Å². The highest BCUT2D eigenvalue weighted by molar-refractivity contribution is 7.21. The van der Waals surface area contributed by atoms with Gasteiger partial charge in [0.1, 0.15) is 10.6 Å². The summed E-state index contributed by atoms with van der Waals surface area (Å²) in [6, 6.07) is 12.7. The van der Waals surface area contributed by atoms with Crippen LogP contribution in [0.25, 0.3) is 10.1 Å². The van der Waals surface area contributed by atoms with Crippen molar-refractivity contribution in [3.63, 3.8) is 0 Å². The zero-order valence-corrected chi connectivity index (χ0v) is 17.2. The standard InChI is InChI=1S/C21H21ClN2O3S/c1-3-4-9-18(25)24-15-11-10-13(12-16(15)27-2)23-21(26)20-19(22)14-7-5-6-8-17(14)28-20/h5-8,10-12H,3-4,9H2,1-2H3,(H,23,26)(H,24,25). The van der Waals surface area contributed by atoms with E-state index < -0.39 is 0 Å². The summed E-state index contributed by atoms with van der Waals surface area (Å²) in [6.45, 7) is 2.04. The van der Waals surface area contributed by atoms with Crippen molar-refractivity contribution < 1.29 is 14.3 Å². The molecule has 3 aromatic rings. The summed E-state index contributed by atoms with van der Waals surface area (Å²) in [5.74, 6) is 0.132. The molecule has 146 valence electrons. The minimum absolute atomic E-state index is 0.0611. The third-order valence-corrected chi connectivity index (χ3v) is 5.91. The number of nitrogens with one attached hydrogen (secondary N) is 2. The van der Waals surface area contributed by atoms with Gasteiger partial charge in [0.25, 0.3) is 5.91 Å². The van der Waals surface area contributed by atoms with Crippen molar-refractivity contribution in [1.29, 1.82) is 0 Å². The molecule has 1 heterocycles. The second-order valence-corrected chi connectivity index (χ2v) is 7.69. The van der Waals surface area contributed by atoms with Gasteiger partial charge in [0.2, 0.25) is 5.91 Å². The number of ether oxygens (including phenoxy) is 1. The Morgan fingerprint density at radius 3 is 2.64 bits per heavy atom. The second kappa shape index (κ2) is 9.08. The Kier molecular flexibility index (Phi) is 6.54. The first kappa shape index (κ1) is 20.2. The number of carbonyl (C=O) groups excluding carboxylic acids is 2. The monoisotopic (exact) mass is 416 g/mol. The molecule has 0 radical (unpaired) electrons. The van der Waals surface area contributed by atoms with Gasteiger partial charge in [-0.2, -0.15) is 0 Å². The predicted molar refractivity (Wildman–Crippen MR) is 116 cm³/mol. The number of anilines is 2. The Bertz CT molecular complexity index is 1020. The van der Waals surface area contributed by atoms with E-state index in [0.717, 1.165) is 22.9 Å².